The maximum Gasteiger partial charge on any atom is 0.411 e. The van der Waals surface area contributed by atoms with Crippen LogP contribution in [0.2, 0.25) is 0 Å². The number of carbonyl (C=O) groups is 1. The molecule has 2 rings (SSSR count). The summed E-state index contributed by atoms with van der Waals surface area (Å²) in [6.45, 7) is 0. The fraction of sp³-hybridized carbons (Fsp3) is 0.400. The third kappa shape index (κ3) is 2.43. The molecule has 0 bridgehead atoms. The lowest BCUT2D eigenvalue weighted by molar-refractivity contribution is -0.163. The van der Waals surface area contributed by atoms with Gasteiger partial charge in [0.05, 0.1) is 0 Å². The van der Waals surface area contributed by atoms with Crippen LogP contribution in [0.5, 0.6) is 0 Å². The van der Waals surface area contributed by atoms with Crippen LogP contribution in [-0.2, 0) is 0 Å². The van der Waals surface area contributed by atoms with Gasteiger partial charge in [-0.25, -0.2) is 4.98 Å². The number of amides is 1. The standard InChI is InChI=1S/C10H8BrF3N2O/c11-7-5-6(1-4-15-7)8(17)16-9(2-3-9)10(12,13)14/h1,4-5H,2-3H2,(H,16,17). The first-order valence-electron chi connectivity index (χ1n) is 4.85. The van der Waals surface area contributed by atoms with Crippen molar-refractivity contribution in [2.75, 3.05) is 0 Å². The number of rotatable bonds is 2. The van der Waals surface area contributed by atoms with Crippen LogP contribution in [0.4, 0.5) is 13.2 Å². The number of hydrogen-bond donors (Lipinski definition) is 1. The molecule has 1 aliphatic carbocycles. The van der Waals surface area contributed by atoms with Crippen LogP contribution in [0.1, 0.15) is 23.2 Å². The van der Waals surface area contributed by atoms with E-state index in [4.69, 9.17) is 0 Å². The van der Waals surface area contributed by atoms with Crippen molar-refractivity contribution in [1.82, 2.24) is 10.3 Å². The smallest absolute Gasteiger partial charge is 0.338 e. The van der Waals surface area contributed by atoms with Crippen LogP contribution >= 0.6 is 15.9 Å². The fourth-order valence-electron chi connectivity index (χ4n) is 1.44. The van der Waals surface area contributed by atoms with Gasteiger partial charge in [0.25, 0.3) is 5.91 Å². The molecule has 1 saturated carbocycles. The molecular weight excluding hydrogens is 301 g/mol. The van der Waals surface area contributed by atoms with Crippen molar-refractivity contribution in [2.45, 2.75) is 24.6 Å². The normalized spacial score (nSPS) is 17.6. The molecule has 0 atom stereocenters. The number of hydrogen-bond acceptors (Lipinski definition) is 2. The first kappa shape index (κ1) is 12.3. The highest BCUT2D eigenvalue weighted by atomic mass is 79.9. The van der Waals surface area contributed by atoms with Gasteiger partial charge >= 0.3 is 6.18 Å². The van der Waals surface area contributed by atoms with Crippen molar-refractivity contribution in [1.29, 1.82) is 0 Å². The van der Waals surface area contributed by atoms with Crippen molar-refractivity contribution in [3.8, 4) is 0 Å². The highest BCUT2D eigenvalue weighted by molar-refractivity contribution is 9.10. The van der Waals surface area contributed by atoms with E-state index in [2.05, 4.69) is 20.9 Å². The van der Waals surface area contributed by atoms with Crippen LogP contribution in [0, 0.1) is 0 Å². The van der Waals surface area contributed by atoms with Gasteiger partial charge in [0.2, 0.25) is 0 Å². The fourth-order valence-corrected chi connectivity index (χ4v) is 1.80. The van der Waals surface area contributed by atoms with E-state index in [9.17, 15) is 18.0 Å². The largest absolute Gasteiger partial charge is 0.411 e. The Labute approximate surface area is 104 Å². The molecule has 1 aromatic heterocycles. The monoisotopic (exact) mass is 308 g/mol. The number of nitrogens with one attached hydrogen (secondary N) is 1. The Balaban J connectivity index is 2.13. The highest BCUT2D eigenvalue weighted by Crippen LogP contribution is 2.49. The first-order valence-corrected chi connectivity index (χ1v) is 5.64. The lowest BCUT2D eigenvalue weighted by Gasteiger charge is -2.20. The zero-order valence-corrected chi connectivity index (χ0v) is 10.1. The Morgan fingerprint density at radius 3 is 2.59 bits per heavy atom. The van der Waals surface area contributed by atoms with Gasteiger partial charge in [0.15, 0.2) is 0 Å². The van der Waals surface area contributed by atoms with Crippen molar-refractivity contribution >= 4 is 21.8 Å². The van der Waals surface area contributed by atoms with Crippen molar-refractivity contribution in [2.24, 2.45) is 0 Å². The van der Waals surface area contributed by atoms with Gasteiger partial charge in [-0.05, 0) is 40.9 Å². The molecule has 17 heavy (non-hydrogen) atoms. The van der Waals surface area contributed by atoms with Crippen LogP contribution in [0.25, 0.3) is 0 Å². The van der Waals surface area contributed by atoms with E-state index in [1.165, 1.54) is 18.3 Å². The summed E-state index contributed by atoms with van der Waals surface area (Å²) < 4.78 is 38.2. The summed E-state index contributed by atoms with van der Waals surface area (Å²) in [5, 5.41) is 2.04. The lowest BCUT2D eigenvalue weighted by Crippen LogP contribution is -2.47. The molecule has 1 aliphatic rings. The van der Waals surface area contributed by atoms with E-state index in [0.717, 1.165) is 0 Å². The average molecular weight is 309 g/mol. The Bertz CT molecular complexity index is 457. The van der Waals surface area contributed by atoms with Crippen LogP contribution < -0.4 is 5.32 Å². The van der Waals surface area contributed by atoms with Crippen LogP contribution in [0.15, 0.2) is 22.9 Å². The molecule has 0 aliphatic heterocycles. The molecule has 1 N–H and O–H groups in total. The molecule has 0 aromatic carbocycles. The summed E-state index contributed by atoms with van der Waals surface area (Å²) >= 11 is 3.05. The van der Waals surface area contributed by atoms with Crippen LogP contribution in [0.3, 0.4) is 0 Å². The molecule has 3 nitrogen and oxygen atoms in total. The summed E-state index contributed by atoms with van der Waals surface area (Å²) in [6, 6.07) is 2.74. The topological polar surface area (TPSA) is 42.0 Å². The molecule has 1 aromatic rings. The van der Waals surface area contributed by atoms with Gasteiger partial charge in [0, 0.05) is 11.8 Å². The van der Waals surface area contributed by atoms with Gasteiger partial charge in [-0.15, -0.1) is 0 Å². The summed E-state index contributed by atoms with van der Waals surface area (Å²) in [6.07, 6.45) is -3.16. The molecule has 0 unspecified atom stereocenters. The maximum absolute atomic E-state index is 12.6. The first-order chi connectivity index (χ1) is 7.84. The Kier molecular flexibility index (Phi) is 2.89. The predicted octanol–water partition coefficient (Wildman–Crippen LogP) is 2.67. The number of nitrogens with zero attached hydrogens (tertiary/aromatic N) is 1. The van der Waals surface area contributed by atoms with Gasteiger partial charge in [-0.3, -0.25) is 4.79 Å². The predicted molar refractivity (Wildman–Crippen MR) is 57.4 cm³/mol. The van der Waals surface area contributed by atoms with Crippen molar-refractivity contribution in [3.05, 3.63) is 28.5 Å². The Morgan fingerprint density at radius 1 is 1.47 bits per heavy atom. The maximum atomic E-state index is 12.6. The van der Waals surface area contributed by atoms with Crippen LogP contribution in [-0.4, -0.2) is 22.6 Å². The lowest BCUT2D eigenvalue weighted by atomic mass is 10.2. The molecule has 1 amide bonds. The zero-order chi connectivity index (χ0) is 12.7. The summed E-state index contributed by atoms with van der Waals surface area (Å²) in [4.78, 5) is 15.4. The zero-order valence-electron chi connectivity index (χ0n) is 8.51. The Hall–Kier alpha value is -1.11. The molecule has 92 valence electrons. The van der Waals surface area contributed by atoms with E-state index in [-0.39, 0.29) is 18.4 Å². The van der Waals surface area contributed by atoms with Gasteiger partial charge in [0.1, 0.15) is 10.1 Å². The average Bonchev–Trinajstić information content (AvgIpc) is 2.98. The van der Waals surface area contributed by atoms with Gasteiger partial charge in [-0.2, -0.15) is 13.2 Å². The SMILES string of the molecule is O=C(NC1(C(F)(F)F)CC1)c1ccnc(Br)c1. The molecular formula is C10H8BrF3N2O. The van der Waals surface area contributed by atoms with E-state index >= 15 is 0 Å². The second-order valence-corrected chi connectivity index (χ2v) is 4.71. The Morgan fingerprint density at radius 2 is 2.12 bits per heavy atom. The number of pyridine rings is 1. The second-order valence-electron chi connectivity index (χ2n) is 3.90. The minimum atomic E-state index is -4.40. The van der Waals surface area contributed by atoms with E-state index in [0.29, 0.717) is 4.60 Å². The van der Waals surface area contributed by atoms with E-state index in [1.807, 2.05) is 5.32 Å². The van der Waals surface area contributed by atoms with Gasteiger partial charge < -0.3 is 5.32 Å². The highest BCUT2D eigenvalue weighted by Gasteiger charge is 2.64. The summed E-state index contributed by atoms with van der Waals surface area (Å²) in [7, 11) is 0. The van der Waals surface area contributed by atoms with Gasteiger partial charge in [-0.1, -0.05) is 0 Å². The molecule has 1 heterocycles. The third-order valence-electron chi connectivity index (χ3n) is 2.63. The number of alkyl halides is 3. The quantitative estimate of drug-likeness (QED) is 0.854. The second kappa shape index (κ2) is 3.97. The number of carbonyl (C=O) groups excluding carboxylic acids is 1. The molecule has 7 heteroatoms. The summed E-state index contributed by atoms with van der Waals surface area (Å²) in [5.74, 6) is -0.733. The number of halogens is 4. The minimum Gasteiger partial charge on any atom is -0.338 e. The molecule has 1 fully saturated rings. The minimum absolute atomic E-state index is 0.0610. The molecule has 0 radical (unpaired) electrons. The molecule has 0 spiro atoms. The number of aromatic nitrogens is 1. The molecule has 0 saturated heterocycles. The van der Waals surface area contributed by atoms with Crippen molar-refractivity contribution < 1.29 is 18.0 Å². The third-order valence-corrected chi connectivity index (χ3v) is 3.07. The summed E-state index contributed by atoms with van der Waals surface area (Å²) in [5.41, 5.74) is -1.87. The van der Waals surface area contributed by atoms with E-state index < -0.39 is 17.6 Å². The van der Waals surface area contributed by atoms with Crippen molar-refractivity contribution in [3.63, 3.8) is 0 Å². The van der Waals surface area contributed by atoms with E-state index in [1.54, 1.807) is 0 Å².